The minimum absolute atomic E-state index is 0.0389. The van der Waals surface area contributed by atoms with E-state index in [1.54, 1.807) is 24.3 Å². The van der Waals surface area contributed by atoms with Gasteiger partial charge in [-0.25, -0.2) is 8.42 Å². The van der Waals surface area contributed by atoms with Gasteiger partial charge < -0.3 is 0 Å². The van der Waals surface area contributed by atoms with Gasteiger partial charge in [-0.2, -0.15) is 10.4 Å². The highest BCUT2D eigenvalue weighted by atomic mass is 35.5. The Balaban J connectivity index is 1.91. The van der Waals surface area contributed by atoms with Gasteiger partial charge >= 0.3 is 0 Å². The van der Waals surface area contributed by atoms with Gasteiger partial charge in [0.1, 0.15) is 4.90 Å². The Hall–Kier alpha value is -3.94. The molecule has 3 aromatic rings. The molecule has 11 heteroatoms. The number of sulfonamides is 1. The summed E-state index contributed by atoms with van der Waals surface area (Å²) in [4.78, 5) is 10.1. The zero-order valence-electron chi connectivity index (χ0n) is 15.7. The second-order valence-electron chi connectivity index (χ2n) is 6.15. The van der Waals surface area contributed by atoms with E-state index in [1.165, 1.54) is 42.6 Å². The van der Waals surface area contributed by atoms with Crippen LogP contribution in [0.25, 0.3) is 0 Å². The average Bonchev–Trinajstić information content (AvgIpc) is 2.75. The number of hydrogen-bond acceptors (Lipinski definition) is 7. The predicted molar refractivity (Wildman–Crippen MR) is 118 cm³/mol. The molecule has 0 atom stereocenters. The summed E-state index contributed by atoms with van der Waals surface area (Å²) in [7, 11) is -4.19. The zero-order chi connectivity index (χ0) is 22.4. The van der Waals surface area contributed by atoms with Crippen LogP contribution in [-0.4, -0.2) is 19.6 Å². The second kappa shape index (κ2) is 9.25. The molecule has 0 aliphatic heterocycles. The largest absolute Gasteiger partial charge is 0.280 e. The smallest absolute Gasteiger partial charge is 0.270 e. The van der Waals surface area contributed by atoms with Crippen molar-refractivity contribution in [3.8, 4) is 6.07 Å². The van der Waals surface area contributed by atoms with E-state index in [0.717, 1.165) is 6.07 Å². The van der Waals surface area contributed by atoms with Crippen molar-refractivity contribution < 1.29 is 13.3 Å². The number of halogens is 1. The van der Waals surface area contributed by atoms with E-state index in [1.807, 2.05) is 6.07 Å². The monoisotopic (exact) mass is 455 g/mol. The summed E-state index contributed by atoms with van der Waals surface area (Å²) in [6, 6.07) is 17.9. The molecule has 0 saturated carbocycles. The van der Waals surface area contributed by atoms with Gasteiger partial charge in [-0.15, -0.1) is 0 Å². The number of nitrogens with zero attached hydrogens (tertiary/aromatic N) is 3. The van der Waals surface area contributed by atoms with Gasteiger partial charge in [0.2, 0.25) is 0 Å². The van der Waals surface area contributed by atoms with Crippen LogP contribution < -0.4 is 10.1 Å². The minimum Gasteiger partial charge on any atom is -0.280 e. The van der Waals surface area contributed by atoms with Gasteiger partial charge in [-0.3, -0.25) is 20.3 Å². The molecule has 0 radical (unpaired) electrons. The molecule has 156 valence electrons. The van der Waals surface area contributed by atoms with E-state index in [9.17, 15) is 18.5 Å². The molecule has 0 unspecified atom stereocenters. The van der Waals surface area contributed by atoms with Crippen LogP contribution in [0, 0.1) is 21.4 Å². The first kappa shape index (κ1) is 21.8. The fourth-order valence-corrected chi connectivity index (χ4v) is 3.85. The van der Waals surface area contributed by atoms with Crippen molar-refractivity contribution in [2.75, 3.05) is 10.1 Å². The maximum atomic E-state index is 12.9. The lowest BCUT2D eigenvalue weighted by molar-refractivity contribution is -0.385. The molecule has 0 aromatic heterocycles. The summed E-state index contributed by atoms with van der Waals surface area (Å²) in [5.41, 5.74) is 3.64. The Bertz CT molecular complexity index is 1280. The first-order chi connectivity index (χ1) is 14.8. The molecule has 0 fully saturated rings. The number of non-ortho nitro benzene ring substituents is 1. The number of nitro groups is 1. The summed E-state index contributed by atoms with van der Waals surface area (Å²) in [5.74, 6) is 0. The van der Waals surface area contributed by atoms with Crippen LogP contribution in [0.1, 0.15) is 11.1 Å². The number of nitriles is 1. The third-order valence-corrected chi connectivity index (χ3v) is 5.67. The van der Waals surface area contributed by atoms with E-state index < -0.39 is 20.6 Å². The van der Waals surface area contributed by atoms with E-state index in [-0.39, 0.29) is 16.3 Å². The first-order valence-corrected chi connectivity index (χ1v) is 10.5. The van der Waals surface area contributed by atoms with Gasteiger partial charge in [0.05, 0.1) is 28.5 Å². The lowest BCUT2D eigenvalue weighted by Gasteiger charge is -2.12. The Morgan fingerprint density at radius 3 is 2.35 bits per heavy atom. The fraction of sp³-hybridized carbons (Fsp3) is 0. The Labute approximate surface area is 182 Å². The minimum atomic E-state index is -4.19. The second-order valence-corrected chi connectivity index (χ2v) is 8.24. The van der Waals surface area contributed by atoms with Crippen molar-refractivity contribution in [3.05, 3.63) is 93.0 Å². The quantitative estimate of drug-likeness (QED) is 0.308. The van der Waals surface area contributed by atoms with E-state index in [2.05, 4.69) is 15.2 Å². The van der Waals surface area contributed by atoms with Gasteiger partial charge in [-0.05, 0) is 48.0 Å². The third-order valence-electron chi connectivity index (χ3n) is 4.00. The topological polar surface area (TPSA) is 137 Å². The van der Waals surface area contributed by atoms with Gasteiger partial charge in [-0.1, -0.05) is 23.7 Å². The number of rotatable bonds is 7. The Morgan fingerprint density at radius 2 is 1.74 bits per heavy atom. The molecule has 3 rings (SSSR count). The molecule has 0 bridgehead atoms. The van der Waals surface area contributed by atoms with Crippen molar-refractivity contribution in [3.63, 3.8) is 0 Å². The molecule has 0 saturated heterocycles. The molecule has 3 aromatic carbocycles. The highest BCUT2D eigenvalue weighted by Gasteiger charge is 2.22. The highest BCUT2D eigenvalue weighted by Crippen LogP contribution is 2.28. The predicted octanol–water partition coefficient (Wildman–Crippen LogP) is 4.37. The molecule has 0 aliphatic carbocycles. The number of benzene rings is 3. The maximum Gasteiger partial charge on any atom is 0.270 e. The average molecular weight is 456 g/mol. The number of anilines is 2. The van der Waals surface area contributed by atoms with Crippen molar-refractivity contribution in [2.45, 2.75) is 4.90 Å². The van der Waals surface area contributed by atoms with Gasteiger partial charge in [0, 0.05) is 22.8 Å². The molecule has 0 amide bonds. The fourth-order valence-electron chi connectivity index (χ4n) is 2.49. The zero-order valence-corrected chi connectivity index (χ0v) is 17.3. The van der Waals surface area contributed by atoms with Crippen LogP contribution in [0.4, 0.5) is 17.1 Å². The Kier molecular flexibility index (Phi) is 6.49. The Morgan fingerprint density at radius 1 is 1.06 bits per heavy atom. The number of nitrogens with one attached hydrogen (secondary N) is 2. The van der Waals surface area contributed by atoms with Crippen molar-refractivity contribution >= 4 is 44.9 Å². The molecule has 0 heterocycles. The van der Waals surface area contributed by atoms with E-state index >= 15 is 0 Å². The highest BCUT2D eigenvalue weighted by molar-refractivity contribution is 7.92. The summed E-state index contributed by atoms with van der Waals surface area (Å²) < 4.78 is 28.2. The van der Waals surface area contributed by atoms with Crippen LogP contribution in [0.15, 0.2) is 76.7 Å². The SMILES string of the molecule is N#Cc1ccc(C=NNc2ccc([N+](=O)[O-])cc2S(=O)(=O)Nc2ccc(Cl)cc2)cc1. The van der Waals surface area contributed by atoms with Crippen LogP contribution in [-0.2, 0) is 10.0 Å². The normalized spacial score (nSPS) is 11.1. The van der Waals surface area contributed by atoms with Crippen LogP contribution in [0.3, 0.4) is 0 Å². The summed E-state index contributed by atoms with van der Waals surface area (Å²) >= 11 is 5.81. The number of nitro benzene ring substituents is 1. The van der Waals surface area contributed by atoms with Crippen molar-refractivity contribution in [1.29, 1.82) is 5.26 Å². The molecule has 0 aliphatic rings. The molecule has 0 spiro atoms. The lowest BCUT2D eigenvalue weighted by atomic mass is 10.2. The summed E-state index contributed by atoms with van der Waals surface area (Å²) in [5, 5.41) is 24.4. The molecule has 2 N–H and O–H groups in total. The van der Waals surface area contributed by atoms with Crippen LogP contribution in [0.2, 0.25) is 5.02 Å². The summed E-state index contributed by atoms with van der Waals surface area (Å²) in [6.07, 6.45) is 1.42. The number of hydrazone groups is 1. The van der Waals surface area contributed by atoms with Gasteiger partial charge in [0.25, 0.3) is 15.7 Å². The molecule has 31 heavy (non-hydrogen) atoms. The van der Waals surface area contributed by atoms with Crippen molar-refractivity contribution in [2.24, 2.45) is 5.10 Å². The van der Waals surface area contributed by atoms with Crippen LogP contribution in [0.5, 0.6) is 0 Å². The third kappa shape index (κ3) is 5.57. The summed E-state index contributed by atoms with van der Waals surface area (Å²) in [6.45, 7) is 0. The molecular weight excluding hydrogens is 442 g/mol. The van der Waals surface area contributed by atoms with Gasteiger partial charge in [0.15, 0.2) is 0 Å². The van der Waals surface area contributed by atoms with Crippen molar-refractivity contribution in [1.82, 2.24) is 0 Å². The standard InChI is InChI=1S/C20H14ClN5O4S/c21-16-5-7-17(8-6-16)25-31(29,30)20-11-18(26(27)28)9-10-19(20)24-23-13-15-3-1-14(12-22)2-4-15/h1-11,13,24-25H. The molecular formula is C20H14ClN5O4S. The maximum absolute atomic E-state index is 12.9. The molecule has 9 nitrogen and oxygen atoms in total. The lowest BCUT2D eigenvalue weighted by Crippen LogP contribution is -2.15. The first-order valence-electron chi connectivity index (χ1n) is 8.64. The van der Waals surface area contributed by atoms with E-state index in [0.29, 0.717) is 16.1 Å². The van der Waals surface area contributed by atoms with E-state index in [4.69, 9.17) is 16.9 Å². The number of hydrogen-bond donors (Lipinski definition) is 2. The van der Waals surface area contributed by atoms with Crippen LogP contribution >= 0.6 is 11.6 Å².